The Hall–Kier alpha value is -1.09. The van der Waals surface area contributed by atoms with Crippen molar-refractivity contribution in [1.82, 2.24) is 0 Å². The average Bonchev–Trinajstić information content (AvgIpc) is 2.28. The molecule has 88 valence electrons. The second-order valence-electron chi connectivity index (χ2n) is 3.33. The number of esters is 1. The predicted molar refractivity (Wildman–Crippen MR) is 61.4 cm³/mol. The summed E-state index contributed by atoms with van der Waals surface area (Å²) in [6.45, 7) is 1.93. The number of ether oxygens (including phenoxy) is 1. The Balaban J connectivity index is 2.85. The molecule has 0 amide bonds. The van der Waals surface area contributed by atoms with Gasteiger partial charge in [-0.05, 0) is 37.5 Å². The molecule has 0 unspecified atom stereocenters. The molecule has 0 saturated carbocycles. The molecule has 0 radical (unpaired) electrons. The van der Waals surface area contributed by atoms with Crippen LogP contribution in [0.15, 0.2) is 18.2 Å². The van der Waals surface area contributed by atoms with Crippen LogP contribution in [0.25, 0.3) is 0 Å². The third kappa shape index (κ3) is 3.49. The lowest BCUT2D eigenvalue weighted by Crippen LogP contribution is -2.08. The van der Waals surface area contributed by atoms with E-state index in [1.54, 1.807) is 13.0 Å². The fraction of sp³-hybridized carbons (Fsp3) is 0.417. The summed E-state index contributed by atoms with van der Waals surface area (Å²) in [7, 11) is 0. The maximum atomic E-state index is 13.3. The Morgan fingerprint density at radius 1 is 1.50 bits per heavy atom. The van der Waals surface area contributed by atoms with E-state index in [9.17, 15) is 9.18 Å². The molecule has 16 heavy (non-hydrogen) atoms. The maximum absolute atomic E-state index is 13.3. The largest absolute Gasteiger partial charge is 0.462 e. The number of carbonyl (C=O) groups excluding carboxylic acids is 1. The molecule has 0 saturated heterocycles. The van der Waals surface area contributed by atoms with Crippen molar-refractivity contribution in [3.05, 3.63) is 35.1 Å². The number of hydrogen-bond acceptors (Lipinski definition) is 2. The lowest BCUT2D eigenvalue weighted by Gasteiger charge is -2.05. The maximum Gasteiger partial charge on any atom is 0.341 e. The standard InChI is InChI=1S/C12H14ClFO2/c1-2-16-12(15)10-8-9(4-3-7-13)5-6-11(10)14/h5-6,8H,2-4,7H2,1H3. The molecule has 0 atom stereocenters. The lowest BCUT2D eigenvalue weighted by atomic mass is 10.1. The van der Waals surface area contributed by atoms with Crippen LogP contribution in [0.1, 0.15) is 29.3 Å². The molecule has 0 spiro atoms. The number of rotatable bonds is 5. The van der Waals surface area contributed by atoms with E-state index in [2.05, 4.69) is 0 Å². The van der Waals surface area contributed by atoms with Crippen molar-refractivity contribution in [1.29, 1.82) is 0 Å². The first-order valence-electron chi connectivity index (χ1n) is 5.20. The van der Waals surface area contributed by atoms with Crippen molar-refractivity contribution in [3.63, 3.8) is 0 Å². The first kappa shape index (κ1) is 13.0. The van der Waals surface area contributed by atoms with Gasteiger partial charge in [0.1, 0.15) is 5.82 Å². The summed E-state index contributed by atoms with van der Waals surface area (Å²) in [5, 5.41) is 0. The first-order chi connectivity index (χ1) is 7.69. The van der Waals surface area contributed by atoms with Crippen molar-refractivity contribution in [2.24, 2.45) is 0 Å². The highest BCUT2D eigenvalue weighted by molar-refractivity contribution is 6.17. The van der Waals surface area contributed by atoms with E-state index in [4.69, 9.17) is 16.3 Å². The zero-order chi connectivity index (χ0) is 12.0. The van der Waals surface area contributed by atoms with Crippen molar-refractivity contribution < 1.29 is 13.9 Å². The number of hydrogen-bond donors (Lipinski definition) is 0. The highest BCUT2D eigenvalue weighted by Gasteiger charge is 2.13. The first-order valence-corrected chi connectivity index (χ1v) is 5.74. The van der Waals surface area contributed by atoms with Gasteiger partial charge in [0.2, 0.25) is 0 Å². The molecule has 1 rings (SSSR count). The molecule has 0 aromatic heterocycles. The van der Waals surface area contributed by atoms with Gasteiger partial charge in [0.25, 0.3) is 0 Å². The van der Waals surface area contributed by atoms with Gasteiger partial charge in [0, 0.05) is 5.88 Å². The minimum Gasteiger partial charge on any atom is -0.462 e. The fourth-order valence-corrected chi connectivity index (χ4v) is 1.50. The topological polar surface area (TPSA) is 26.3 Å². The van der Waals surface area contributed by atoms with Crippen LogP contribution in [0.3, 0.4) is 0 Å². The second-order valence-corrected chi connectivity index (χ2v) is 3.71. The molecule has 0 heterocycles. The summed E-state index contributed by atoms with van der Waals surface area (Å²) in [4.78, 5) is 11.4. The van der Waals surface area contributed by atoms with E-state index < -0.39 is 11.8 Å². The van der Waals surface area contributed by atoms with Crippen LogP contribution in [0.5, 0.6) is 0 Å². The van der Waals surface area contributed by atoms with Crippen LogP contribution in [-0.4, -0.2) is 18.5 Å². The second kappa shape index (κ2) is 6.48. The molecule has 0 fully saturated rings. The van der Waals surface area contributed by atoms with Gasteiger partial charge < -0.3 is 4.74 Å². The minimum atomic E-state index is -0.618. The molecular formula is C12H14ClFO2. The van der Waals surface area contributed by atoms with E-state index in [0.29, 0.717) is 5.88 Å². The smallest absolute Gasteiger partial charge is 0.341 e. The van der Waals surface area contributed by atoms with Gasteiger partial charge >= 0.3 is 5.97 Å². The molecular weight excluding hydrogens is 231 g/mol. The van der Waals surface area contributed by atoms with Crippen molar-refractivity contribution in [2.75, 3.05) is 12.5 Å². The van der Waals surface area contributed by atoms with E-state index in [-0.39, 0.29) is 12.2 Å². The van der Waals surface area contributed by atoms with E-state index in [1.807, 2.05) is 0 Å². The Kier molecular flexibility index (Phi) is 5.26. The molecule has 1 aromatic carbocycles. The van der Waals surface area contributed by atoms with Gasteiger partial charge in [-0.1, -0.05) is 6.07 Å². The Morgan fingerprint density at radius 3 is 2.88 bits per heavy atom. The van der Waals surface area contributed by atoms with E-state index in [1.165, 1.54) is 12.1 Å². The van der Waals surface area contributed by atoms with Crippen LogP contribution >= 0.6 is 11.6 Å². The fourth-order valence-electron chi connectivity index (χ4n) is 1.36. The van der Waals surface area contributed by atoms with E-state index in [0.717, 1.165) is 18.4 Å². The van der Waals surface area contributed by atoms with Gasteiger partial charge in [0.05, 0.1) is 12.2 Å². The summed E-state index contributed by atoms with van der Waals surface area (Å²) < 4.78 is 18.1. The summed E-state index contributed by atoms with van der Waals surface area (Å²) in [5.74, 6) is -0.618. The number of alkyl halides is 1. The molecule has 1 aromatic rings. The number of halogens is 2. The highest BCUT2D eigenvalue weighted by Crippen LogP contribution is 2.13. The number of aryl methyl sites for hydroxylation is 1. The van der Waals surface area contributed by atoms with Gasteiger partial charge in [-0.3, -0.25) is 0 Å². The average molecular weight is 245 g/mol. The number of carbonyl (C=O) groups is 1. The molecule has 0 aliphatic rings. The van der Waals surface area contributed by atoms with Gasteiger partial charge in [0.15, 0.2) is 0 Å². The number of benzene rings is 1. The normalized spacial score (nSPS) is 10.2. The third-order valence-corrected chi connectivity index (χ3v) is 2.39. The van der Waals surface area contributed by atoms with Crippen LogP contribution in [0.4, 0.5) is 4.39 Å². The summed E-state index contributed by atoms with van der Waals surface area (Å²) in [5.41, 5.74) is 0.888. The minimum absolute atomic E-state index is 0.00563. The molecule has 2 nitrogen and oxygen atoms in total. The van der Waals surface area contributed by atoms with Gasteiger partial charge in [-0.25, -0.2) is 9.18 Å². The summed E-state index contributed by atoms with van der Waals surface area (Å²) in [6.07, 6.45) is 1.53. The monoisotopic (exact) mass is 244 g/mol. The molecule has 0 aliphatic heterocycles. The Labute approximate surface area is 99.4 Å². The Bertz CT molecular complexity index is 366. The highest BCUT2D eigenvalue weighted by atomic mass is 35.5. The summed E-state index contributed by atoms with van der Waals surface area (Å²) in [6, 6.07) is 4.47. The van der Waals surface area contributed by atoms with Crippen LogP contribution in [-0.2, 0) is 11.2 Å². The quantitative estimate of drug-likeness (QED) is 0.587. The van der Waals surface area contributed by atoms with Crippen LogP contribution in [0, 0.1) is 5.82 Å². The SMILES string of the molecule is CCOC(=O)c1cc(CCCCl)ccc1F. The molecule has 0 aliphatic carbocycles. The predicted octanol–water partition coefficient (Wildman–Crippen LogP) is 3.17. The van der Waals surface area contributed by atoms with Crippen molar-refractivity contribution in [3.8, 4) is 0 Å². The van der Waals surface area contributed by atoms with E-state index >= 15 is 0 Å². The van der Waals surface area contributed by atoms with Crippen LogP contribution < -0.4 is 0 Å². The molecule has 0 bridgehead atoms. The van der Waals surface area contributed by atoms with Crippen LogP contribution in [0.2, 0.25) is 0 Å². The zero-order valence-electron chi connectivity index (χ0n) is 9.13. The summed E-state index contributed by atoms with van der Waals surface area (Å²) >= 11 is 5.57. The van der Waals surface area contributed by atoms with Crippen molar-refractivity contribution in [2.45, 2.75) is 19.8 Å². The molecule has 4 heteroatoms. The lowest BCUT2D eigenvalue weighted by molar-refractivity contribution is 0.0521. The Morgan fingerprint density at radius 2 is 2.25 bits per heavy atom. The zero-order valence-corrected chi connectivity index (χ0v) is 9.89. The molecule has 0 N–H and O–H groups in total. The van der Waals surface area contributed by atoms with Gasteiger partial charge in [-0.15, -0.1) is 11.6 Å². The van der Waals surface area contributed by atoms with Gasteiger partial charge in [-0.2, -0.15) is 0 Å². The third-order valence-electron chi connectivity index (χ3n) is 2.13. The van der Waals surface area contributed by atoms with Crippen molar-refractivity contribution >= 4 is 17.6 Å².